The SMILES string of the molecule is CCn1c(SCC(=O)Nc2cccc(Cl)c2Cl)nnc1C(CCSC)NC(=O)c1ccc(OC)cc1. The first-order valence-electron chi connectivity index (χ1n) is 11.1. The number of nitrogens with one attached hydrogen (secondary N) is 2. The van der Waals surface area contributed by atoms with Crippen LogP contribution in [0.15, 0.2) is 47.6 Å². The highest BCUT2D eigenvalue weighted by Crippen LogP contribution is 2.30. The second-order valence-electron chi connectivity index (χ2n) is 7.56. The molecule has 0 fully saturated rings. The van der Waals surface area contributed by atoms with Gasteiger partial charge in [0.1, 0.15) is 5.75 Å². The van der Waals surface area contributed by atoms with Crippen LogP contribution in [0.1, 0.15) is 35.6 Å². The van der Waals surface area contributed by atoms with Crippen LogP contribution in [0, 0.1) is 0 Å². The third-order valence-electron chi connectivity index (χ3n) is 5.20. The summed E-state index contributed by atoms with van der Waals surface area (Å²) in [7, 11) is 1.58. The Morgan fingerprint density at radius 2 is 1.89 bits per heavy atom. The number of hydrogen-bond donors (Lipinski definition) is 2. The molecule has 3 aromatic rings. The average Bonchev–Trinajstić information content (AvgIpc) is 3.30. The molecule has 2 N–H and O–H groups in total. The Morgan fingerprint density at radius 1 is 1.14 bits per heavy atom. The van der Waals surface area contributed by atoms with Crippen LogP contribution in [0.3, 0.4) is 0 Å². The van der Waals surface area contributed by atoms with Crippen LogP contribution in [0.5, 0.6) is 5.75 Å². The Labute approximate surface area is 228 Å². The van der Waals surface area contributed by atoms with Crippen molar-refractivity contribution in [3.05, 3.63) is 63.9 Å². The molecule has 8 nitrogen and oxygen atoms in total. The number of anilines is 1. The number of aromatic nitrogens is 3. The van der Waals surface area contributed by atoms with E-state index in [9.17, 15) is 9.59 Å². The van der Waals surface area contributed by atoms with Crippen molar-refractivity contribution in [3.63, 3.8) is 0 Å². The number of nitrogens with zero attached hydrogens (tertiary/aromatic N) is 3. The van der Waals surface area contributed by atoms with E-state index in [0.29, 0.717) is 51.0 Å². The second kappa shape index (κ2) is 13.8. The minimum absolute atomic E-state index is 0.106. The normalized spacial score (nSPS) is 11.7. The van der Waals surface area contributed by atoms with Crippen LogP contribution in [0.4, 0.5) is 5.69 Å². The van der Waals surface area contributed by atoms with Gasteiger partial charge in [-0.1, -0.05) is 41.0 Å². The molecule has 0 aliphatic heterocycles. The molecule has 2 amide bonds. The van der Waals surface area contributed by atoms with Crippen molar-refractivity contribution in [1.29, 1.82) is 0 Å². The summed E-state index contributed by atoms with van der Waals surface area (Å²) in [5.41, 5.74) is 0.976. The topological polar surface area (TPSA) is 98.1 Å². The van der Waals surface area contributed by atoms with E-state index in [1.54, 1.807) is 61.3 Å². The molecule has 1 heterocycles. The molecular formula is C24H27Cl2N5O3S2. The molecule has 1 aromatic heterocycles. The fourth-order valence-corrected chi connectivity index (χ4v) is 4.99. The van der Waals surface area contributed by atoms with Gasteiger partial charge < -0.3 is 19.9 Å². The van der Waals surface area contributed by atoms with Crippen molar-refractivity contribution in [2.75, 3.05) is 30.2 Å². The van der Waals surface area contributed by atoms with Gasteiger partial charge >= 0.3 is 0 Å². The second-order valence-corrected chi connectivity index (χ2v) is 10.3. The monoisotopic (exact) mass is 567 g/mol. The molecular weight excluding hydrogens is 541 g/mol. The van der Waals surface area contributed by atoms with Crippen molar-refractivity contribution >= 4 is 64.2 Å². The third-order valence-corrected chi connectivity index (χ3v) is 7.63. The highest BCUT2D eigenvalue weighted by Gasteiger charge is 2.23. The van der Waals surface area contributed by atoms with Crippen molar-refractivity contribution in [3.8, 4) is 5.75 Å². The minimum Gasteiger partial charge on any atom is -0.497 e. The van der Waals surface area contributed by atoms with E-state index in [4.69, 9.17) is 27.9 Å². The summed E-state index contributed by atoms with van der Waals surface area (Å²) in [5.74, 6) is 1.81. The number of thioether (sulfide) groups is 2. The quantitative estimate of drug-likeness (QED) is 0.276. The maximum Gasteiger partial charge on any atom is 0.251 e. The standard InChI is InChI=1S/C24H27Cl2N5O3S2/c1-4-31-22(19(12-13-35-3)28-23(33)15-8-10-16(34-2)11-9-15)29-30-24(31)36-14-20(32)27-18-7-5-6-17(25)21(18)26/h5-11,19H,4,12-14H2,1-3H3,(H,27,32)(H,28,33). The van der Waals surface area contributed by atoms with Gasteiger partial charge in [0.15, 0.2) is 11.0 Å². The maximum atomic E-state index is 12.9. The fourth-order valence-electron chi connectivity index (χ4n) is 3.36. The number of methoxy groups -OCH3 is 1. The van der Waals surface area contributed by atoms with Crippen LogP contribution < -0.4 is 15.4 Å². The summed E-state index contributed by atoms with van der Waals surface area (Å²) >= 11 is 15.1. The number of ether oxygens (including phenoxy) is 1. The van der Waals surface area contributed by atoms with E-state index in [1.807, 2.05) is 17.7 Å². The summed E-state index contributed by atoms with van der Waals surface area (Å²) in [6, 6.07) is 11.6. The first kappa shape index (κ1) is 28.2. The summed E-state index contributed by atoms with van der Waals surface area (Å²) in [6.07, 6.45) is 2.69. The van der Waals surface area contributed by atoms with Gasteiger partial charge in [0, 0.05) is 12.1 Å². The Morgan fingerprint density at radius 3 is 2.56 bits per heavy atom. The Hall–Kier alpha value is -2.40. The lowest BCUT2D eigenvalue weighted by Crippen LogP contribution is -2.31. The van der Waals surface area contributed by atoms with E-state index >= 15 is 0 Å². The number of carbonyl (C=O) groups excluding carboxylic acids is 2. The molecule has 0 aliphatic rings. The number of benzene rings is 2. The molecule has 0 saturated carbocycles. The molecule has 1 unspecified atom stereocenters. The first-order valence-corrected chi connectivity index (χ1v) is 14.2. The largest absolute Gasteiger partial charge is 0.497 e. The van der Waals surface area contributed by atoms with Crippen LogP contribution in [-0.4, -0.2) is 51.5 Å². The molecule has 36 heavy (non-hydrogen) atoms. The van der Waals surface area contributed by atoms with Gasteiger partial charge in [0.25, 0.3) is 5.91 Å². The summed E-state index contributed by atoms with van der Waals surface area (Å²) in [6.45, 7) is 2.56. The van der Waals surface area contributed by atoms with Crippen LogP contribution >= 0.6 is 46.7 Å². The lowest BCUT2D eigenvalue weighted by atomic mass is 10.1. The van der Waals surface area contributed by atoms with E-state index in [0.717, 1.165) is 5.75 Å². The van der Waals surface area contributed by atoms with E-state index in [1.165, 1.54) is 11.8 Å². The Bertz CT molecular complexity index is 1190. The van der Waals surface area contributed by atoms with Crippen LogP contribution in [-0.2, 0) is 11.3 Å². The van der Waals surface area contributed by atoms with Crippen molar-refractivity contribution in [1.82, 2.24) is 20.1 Å². The number of amides is 2. The molecule has 0 bridgehead atoms. The van der Waals surface area contributed by atoms with Gasteiger partial charge in [0.05, 0.1) is 34.6 Å². The molecule has 0 saturated heterocycles. The number of rotatable bonds is 12. The molecule has 3 rings (SSSR count). The molecule has 0 radical (unpaired) electrons. The molecule has 192 valence electrons. The van der Waals surface area contributed by atoms with Crippen LogP contribution in [0.25, 0.3) is 0 Å². The lowest BCUT2D eigenvalue weighted by Gasteiger charge is -2.19. The first-order chi connectivity index (χ1) is 17.4. The lowest BCUT2D eigenvalue weighted by molar-refractivity contribution is -0.113. The smallest absolute Gasteiger partial charge is 0.251 e. The molecule has 2 aromatic carbocycles. The highest BCUT2D eigenvalue weighted by atomic mass is 35.5. The Kier molecular flexibility index (Phi) is 10.8. The van der Waals surface area contributed by atoms with E-state index < -0.39 is 0 Å². The predicted octanol–water partition coefficient (Wildman–Crippen LogP) is 5.57. The van der Waals surface area contributed by atoms with Crippen molar-refractivity contribution in [2.45, 2.75) is 31.1 Å². The van der Waals surface area contributed by atoms with Gasteiger partial charge in [-0.15, -0.1) is 10.2 Å². The number of hydrogen-bond acceptors (Lipinski definition) is 7. The molecule has 0 aliphatic carbocycles. The molecule has 12 heteroatoms. The van der Waals surface area contributed by atoms with E-state index in [-0.39, 0.29) is 23.6 Å². The van der Waals surface area contributed by atoms with Gasteiger partial charge in [-0.3, -0.25) is 9.59 Å². The zero-order valence-electron chi connectivity index (χ0n) is 20.1. The van der Waals surface area contributed by atoms with Gasteiger partial charge in [-0.25, -0.2) is 0 Å². The summed E-state index contributed by atoms with van der Waals surface area (Å²) in [4.78, 5) is 25.5. The highest BCUT2D eigenvalue weighted by molar-refractivity contribution is 7.99. The molecule has 1 atom stereocenters. The van der Waals surface area contributed by atoms with Gasteiger partial charge in [-0.05, 0) is 61.8 Å². The summed E-state index contributed by atoms with van der Waals surface area (Å²) < 4.78 is 7.09. The summed E-state index contributed by atoms with van der Waals surface area (Å²) in [5, 5.41) is 15.8. The van der Waals surface area contributed by atoms with Crippen molar-refractivity contribution < 1.29 is 14.3 Å². The van der Waals surface area contributed by atoms with Gasteiger partial charge in [-0.2, -0.15) is 11.8 Å². The maximum absolute atomic E-state index is 12.9. The molecule has 0 spiro atoms. The van der Waals surface area contributed by atoms with Crippen molar-refractivity contribution in [2.24, 2.45) is 0 Å². The Balaban J connectivity index is 1.72. The van der Waals surface area contributed by atoms with Crippen LogP contribution in [0.2, 0.25) is 10.0 Å². The van der Waals surface area contributed by atoms with E-state index in [2.05, 4.69) is 20.8 Å². The zero-order chi connectivity index (χ0) is 26.1. The fraction of sp³-hybridized carbons (Fsp3) is 0.333. The van der Waals surface area contributed by atoms with Gasteiger partial charge in [0.2, 0.25) is 5.91 Å². The average molecular weight is 569 g/mol. The zero-order valence-corrected chi connectivity index (χ0v) is 23.2. The number of halogens is 2. The third kappa shape index (κ3) is 7.32. The number of carbonyl (C=O) groups is 2. The minimum atomic E-state index is -0.340. The predicted molar refractivity (Wildman–Crippen MR) is 148 cm³/mol.